The zero-order valence-electron chi connectivity index (χ0n) is 13.9. The summed E-state index contributed by atoms with van der Waals surface area (Å²) in [4.78, 5) is 13.5. The zero-order valence-corrected chi connectivity index (χ0v) is 13.9. The molecule has 5 nitrogen and oxygen atoms in total. The summed E-state index contributed by atoms with van der Waals surface area (Å²) in [6.45, 7) is 4.74. The Labute approximate surface area is 140 Å². The maximum absolute atomic E-state index is 13.8. The molecule has 1 atom stereocenters. The molecule has 1 aliphatic heterocycles. The first-order valence-electron chi connectivity index (χ1n) is 8.00. The predicted molar refractivity (Wildman–Crippen MR) is 87.5 cm³/mol. The van der Waals surface area contributed by atoms with Gasteiger partial charge in [-0.1, -0.05) is 23.4 Å². The largest absolute Gasteiger partial charge is 0.411 e. The first-order valence-corrected chi connectivity index (χ1v) is 8.00. The van der Waals surface area contributed by atoms with Crippen molar-refractivity contribution in [3.05, 3.63) is 34.9 Å². The number of carbonyl (C=O) groups excluding carboxylic acids is 1. The number of benzene rings is 1. The van der Waals surface area contributed by atoms with E-state index in [1.165, 1.54) is 6.07 Å². The van der Waals surface area contributed by atoms with Gasteiger partial charge in [0.25, 0.3) is 11.8 Å². The highest BCUT2D eigenvalue weighted by atomic mass is 19.3. The molecular weight excluding hydrogens is 316 g/mol. The molecule has 0 aliphatic carbocycles. The van der Waals surface area contributed by atoms with Gasteiger partial charge in [0, 0.05) is 31.6 Å². The lowest BCUT2D eigenvalue weighted by molar-refractivity contribution is -0.115. The van der Waals surface area contributed by atoms with Gasteiger partial charge in [0.05, 0.1) is 0 Å². The van der Waals surface area contributed by atoms with E-state index >= 15 is 0 Å². The summed E-state index contributed by atoms with van der Waals surface area (Å²) in [6.07, 6.45) is 2.23. The molecule has 0 aromatic heterocycles. The summed E-state index contributed by atoms with van der Waals surface area (Å²) in [6, 6.07) is 4.93. The number of fused-ring (bicyclic) bond motifs is 1. The lowest BCUT2D eigenvalue weighted by Gasteiger charge is -2.25. The molecule has 2 rings (SSSR count). The summed E-state index contributed by atoms with van der Waals surface area (Å²) in [5.41, 5.74) is 1.78. The lowest BCUT2D eigenvalue weighted by Crippen LogP contribution is -2.42. The highest BCUT2D eigenvalue weighted by Crippen LogP contribution is 2.33. The fraction of sp³-hybridized carbons (Fsp3) is 0.529. The number of halogens is 2. The SMILES string of the molecule is C[C@@H](CN1CCCc2c(cccc2C(C)(F)F)C1)NC(=O)/C=N\O. The van der Waals surface area contributed by atoms with Crippen LogP contribution in [0.15, 0.2) is 23.4 Å². The van der Waals surface area contributed by atoms with Crippen LogP contribution in [0.2, 0.25) is 0 Å². The van der Waals surface area contributed by atoms with E-state index in [1.807, 2.05) is 13.0 Å². The molecule has 132 valence electrons. The maximum atomic E-state index is 13.8. The Morgan fingerprint density at radius 1 is 1.54 bits per heavy atom. The Kier molecular flexibility index (Phi) is 5.88. The van der Waals surface area contributed by atoms with Crippen LogP contribution in [0.4, 0.5) is 8.78 Å². The lowest BCUT2D eigenvalue weighted by atomic mass is 9.94. The Morgan fingerprint density at radius 3 is 2.96 bits per heavy atom. The molecule has 0 saturated carbocycles. The fourth-order valence-electron chi connectivity index (χ4n) is 3.21. The van der Waals surface area contributed by atoms with Gasteiger partial charge in [-0.25, -0.2) is 8.78 Å². The molecule has 0 unspecified atom stereocenters. The van der Waals surface area contributed by atoms with E-state index in [0.29, 0.717) is 19.5 Å². The van der Waals surface area contributed by atoms with Crippen molar-refractivity contribution in [3.8, 4) is 0 Å². The van der Waals surface area contributed by atoms with Crippen LogP contribution in [0.3, 0.4) is 0 Å². The second-order valence-corrected chi connectivity index (χ2v) is 6.32. The number of hydrogen-bond donors (Lipinski definition) is 2. The normalized spacial score (nSPS) is 17.3. The quantitative estimate of drug-likeness (QED) is 0.492. The van der Waals surface area contributed by atoms with Crippen LogP contribution in [-0.4, -0.2) is 41.4 Å². The van der Waals surface area contributed by atoms with Crippen molar-refractivity contribution in [1.82, 2.24) is 10.2 Å². The predicted octanol–water partition coefficient (Wildman–Crippen LogP) is 2.51. The van der Waals surface area contributed by atoms with E-state index in [1.54, 1.807) is 6.07 Å². The van der Waals surface area contributed by atoms with Gasteiger partial charge < -0.3 is 10.5 Å². The second-order valence-electron chi connectivity index (χ2n) is 6.32. The van der Waals surface area contributed by atoms with Gasteiger partial charge >= 0.3 is 0 Å². The van der Waals surface area contributed by atoms with Crippen molar-refractivity contribution in [2.75, 3.05) is 13.1 Å². The molecule has 24 heavy (non-hydrogen) atoms. The molecule has 0 fully saturated rings. The molecule has 7 heteroatoms. The van der Waals surface area contributed by atoms with Crippen LogP contribution in [0.25, 0.3) is 0 Å². The van der Waals surface area contributed by atoms with Gasteiger partial charge in [-0.05, 0) is 37.4 Å². The third-order valence-corrected chi connectivity index (χ3v) is 4.14. The Bertz CT molecular complexity index is 614. The molecular formula is C17H23F2N3O2. The monoisotopic (exact) mass is 339 g/mol. The Balaban J connectivity index is 2.09. The van der Waals surface area contributed by atoms with Crippen molar-refractivity contribution in [2.45, 2.75) is 45.2 Å². The summed E-state index contributed by atoms with van der Waals surface area (Å²) in [5, 5.41) is 13.7. The van der Waals surface area contributed by atoms with Gasteiger partial charge in [0.15, 0.2) is 0 Å². The van der Waals surface area contributed by atoms with Crippen LogP contribution >= 0.6 is 0 Å². The van der Waals surface area contributed by atoms with E-state index in [2.05, 4.69) is 15.4 Å². The molecule has 1 amide bonds. The van der Waals surface area contributed by atoms with Crippen molar-refractivity contribution in [1.29, 1.82) is 0 Å². The van der Waals surface area contributed by atoms with E-state index in [-0.39, 0.29) is 11.6 Å². The molecule has 0 saturated heterocycles. The molecule has 0 spiro atoms. The average molecular weight is 339 g/mol. The Hall–Kier alpha value is -2.02. The van der Waals surface area contributed by atoms with E-state index in [0.717, 1.165) is 37.2 Å². The molecule has 1 heterocycles. The highest BCUT2D eigenvalue weighted by Gasteiger charge is 2.29. The van der Waals surface area contributed by atoms with Crippen LogP contribution in [0, 0.1) is 0 Å². The van der Waals surface area contributed by atoms with Crippen LogP contribution in [0.5, 0.6) is 0 Å². The summed E-state index contributed by atoms with van der Waals surface area (Å²) >= 11 is 0. The number of carbonyl (C=O) groups is 1. The number of oxime groups is 1. The highest BCUT2D eigenvalue weighted by molar-refractivity contribution is 6.26. The molecule has 1 aromatic rings. The van der Waals surface area contributed by atoms with Gasteiger partial charge in [0.2, 0.25) is 0 Å². The molecule has 0 radical (unpaired) electrons. The van der Waals surface area contributed by atoms with Crippen molar-refractivity contribution < 1.29 is 18.8 Å². The fourth-order valence-corrected chi connectivity index (χ4v) is 3.21. The first-order chi connectivity index (χ1) is 11.3. The third-order valence-electron chi connectivity index (χ3n) is 4.14. The first kappa shape index (κ1) is 18.3. The topological polar surface area (TPSA) is 64.9 Å². The molecule has 2 N–H and O–H groups in total. The van der Waals surface area contributed by atoms with Crippen molar-refractivity contribution >= 4 is 12.1 Å². The Morgan fingerprint density at radius 2 is 2.29 bits per heavy atom. The number of amides is 1. The summed E-state index contributed by atoms with van der Waals surface area (Å²) in [5.74, 6) is -3.31. The average Bonchev–Trinajstić information content (AvgIpc) is 2.67. The number of nitrogens with one attached hydrogen (secondary N) is 1. The van der Waals surface area contributed by atoms with Crippen LogP contribution in [0.1, 0.15) is 37.0 Å². The number of hydrogen-bond acceptors (Lipinski definition) is 4. The van der Waals surface area contributed by atoms with Gasteiger partial charge in [0.1, 0.15) is 6.21 Å². The number of nitrogens with zero attached hydrogens (tertiary/aromatic N) is 2. The minimum absolute atomic E-state index is 0.113. The maximum Gasteiger partial charge on any atom is 0.270 e. The summed E-state index contributed by atoms with van der Waals surface area (Å²) < 4.78 is 27.6. The summed E-state index contributed by atoms with van der Waals surface area (Å²) in [7, 11) is 0. The van der Waals surface area contributed by atoms with E-state index in [4.69, 9.17) is 5.21 Å². The van der Waals surface area contributed by atoms with Gasteiger partial charge in [-0.15, -0.1) is 0 Å². The third kappa shape index (κ3) is 4.74. The van der Waals surface area contributed by atoms with Gasteiger partial charge in [-0.2, -0.15) is 0 Å². The number of rotatable bonds is 5. The number of alkyl halides is 2. The molecule has 0 bridgehead atoms. The van der Waals surface area contributed by atoms with Crippen molar-refractivity contribution in [3.63, 3.8) is 0 Å². The van der Waals surface area contributed by atoms with Crippen LogP contribution in [-0.2, 0) is 23.7 Å². The molecule has 1 aliphatic rings. The molecule has 1 aromatic carbocycles. The van der Waals surface area contributed by atoms with Gasteiger partial charge in [-0.3, -0.25) is 9.69 Å². The second kappa shape index (κ2) is 7.70. The van der Waals surface area contributed by atoms with Crippen LogP contribution < -0.4 is 5.32 Å². The standard InChI is InChI=1S/C17H23F2N3O2/c1-12(21-16(23)9-20-24)10-22-8-4-6-14-13(11-22)5-3-7-15(14)17(2,18)19/h3,5,7,9,12,24H,4,6,8,10-11H2,1-2H3,(H,21,23)/b20-9-/t12-/m0/s1. The minimum Gasteiger partial charge on any atom is -0.411 e. The smallest absolute Gasteiger partial charge is 0.270 e. The zero-order chi connectivity index (χ0) is 17.7. The minimum atomic E-state index is -2.84. The van der Waals surface area contributed by atoms with E-state index in [9.17, 15) is 13.6 Å². The van der Waals surface area contributed by atoms with Crippen molar-refractivity contribution in [2.24, 2.45) is 5.16 Å². The van der Waals surface area contributed by atoms with E-state index < -0.39 is 11.8 Å².